The van der Waals surface area contributed by atoms with Gasteiger partial charge in [-0.2, -0.15) is 5.10 Å². The Hall–Kier alpha value is -1.12. The fourth-order valence-electron chi connectivity index (χ4n) is 1.99. The van der Waals surface area contributed by atoms with Gasteiger partial charge in [0.05, 0.1) is 6.10 Å². The van der Waals surface area contributed by atoms with Crippen molar-refractivity contribution in [3.63, 3.8) is 0 Å². The third kappa shape index (κ3) is 3.01. The second-order valence-corrected chi connectivity index (χ2v) is 6.11. The van der Waals surface area contributed by atoms with Gasteiger partial charge in [0.1, 0.15) is 4.90 Å². The van der Waals surface area contributed by atoms with Crippen molar-refractivity contribution in [2.75, 3.05) is 18.9 Å². The van der Waals surface area contributed by atoms with Crippen LogP contribution in [0.4, 0.5) is 5.82 Å². The van der Waals surface area contributed by atoms with Crippen molar-refractivity contribution in [3.05, 3.63) is 6.20 Å². The number of aryl methyl sites for hydroxylation is 1. The van der Waals surface area contributed by atoms with Crippen LogP contribution in [0.3, 0.4) is 0 Å². The Kier molecular flexibility index (Phi) is 3.88. The van der Waals surface area contributed by atoms with E-state index in [4.69, 9.17) is 10.5 Å². The SMILES string of the molecule is Cn1cc(S(=O)(=O)NCCC2CCCO2)c(N)n1. The van der Waals surface area contributed by atoms with Gasteiger partial charge >= 0.3 is 0 Å². The largest absolute Gasteiger partial charge is 0.381 e. The first-order valence-corrected chi connectivity index (χ1v) is 7.38. The Bertz CT molecular complexity index is 505. The summed E-state index contributed by atoms with van der Waals surface area (Å²) in [4.78, 5) is 0.0253. The molecule has 0 spiro atoms. The molecule has 1 atom stereocenters. The van der Waals surface area contributed by atoms with E-state index in [0.29, 0.717) is 13.0 Å². The van der Waals surface area contributed by atoms with Crippen LogP contribution in [-0.4, -0.2) is 37.5 Å². The smallest absolute Gasteiger partial charge is 0.245 e. The number of nitrogens with two attached hydrogens (primary N) is 1. The average molecular weight is 274 g/mol. The maximum atomic E-state index is 12.0. The van der Waals surface area contributed by atoms with E-state index < -0.39 is 10.0 Å². The first kappa shape index (κ1) is 13.3. The molecule has 1 aromatic heterocycles. The van der Waals surface area contributed by atoms with Gasteiger partial charge in [-0.3, -0.25) is 4.68 Å². The molecule has 0 saturated carbocycles. The number of hydrogen-bond acceptors (Lipinski definition) is 5. The van der Waals surface area contributed by atoms with E-state index in [1.54, 1.807) is 7.05 Å². The van der Waals surface area contributed by atoms with Gasteiger partial charge in [0.2, 0.25) is 10.0 Å². The van der Waals surface area contributed by atoms with E-state index in [2.05, 4.69) is 9.82 Å². The summed E-state index contributed by atoms with van der Waals surface area (Å²) >= 11 is 0. The minimum atomic E-state index is -3.58. The summed E-state index contributed by atoms with van der Waals surface area (Å²) in [5.41, 5.74) is 5.55. The molecule has 0 radical (unpaired) electrons. The maximum absolute atomic E-state index is 12.0. The van der Waals surface area contributed by atoms with E-state index >= 15 is 0 Å². The molecule has 1 unspecified atom stereocenters. The van der Waals surface area contributed by atoms with Crippen molar-refractivity contribution in [3.8, 4) is 0 Å². The van der Waals surface area contributed by atoms with Crippen LogP contribution in [0.2, 0.25) is 0 Å². The van der Waals surface area contributed by atoms with Crippen LogP contribution in [0.5, 0.6) is 0 Å². The summed E-state index contributed by atoms with van der Waals surface area (Å²) in [6.45, 7) is 1.12. The Morgan fingerprint density at radius 3 is 3.00 bits per heavy atom. The summed E-state index contributed by atoms with van der Waals surface area (Å²) < 4.78 is 33.2. The highest BCUT2D eigenvalue weighted by Crippen LogP contribution is 2.17. The number of hydrogen-bond donors (Lipinski definition) is 2. The van der Waals surface area contributed by atoms with E-state index in [1.807, 2.05) is 0 Å². The topological polar surface area (TPSA) is 99.2 Å². The molecule has 2 rings (SSSR count). The van der Waals surface area contributed by atoms with Crippen molar-refractivity contribution in [1.29, 1.82) is 0 Å². The van der Waals surface area contributed by atoms with Gasteiger partial charge in [0.15, 0.2) is 5.82 Å². The predicted molar refractivity (Wildman–Crippen MR) is 66.4 cm³/mol. The number of rotatable bonds is 5. The number of nitrogens with one attached hydrogen (secondary N) is 1. The zero-order valence-corrected chi connectivity index (χ0v) is 11.1. The number of aromatic nitrogens is 2. The molecule has 1 aromatic rings. The van der Waals surface area contributed by atoms with Crippen LogP contribution >= 0.6 is 0 Å². The molecular formula is C10H18N4O3S. The molecule has 1 aliphatic rings. The van der Waals surface area contributed by atoms with Crippen molar-refractivity contribution in [1.82, 2.24) is 14.5 Å². The van der Waals surface area contributed by atoms with E-state index in [0.717, 1.165) is 19.4 Å². The van der Waals surface area contributed by atoms with Gasteiger partial charge in [0.25, 0.3) is 0 Å². The molecule has 1 aliphatic heterocycles. The molecule has 7 nitrogen and oxygen atoms in total. The lowest BCUT2D eigenvalue weighted by Crippen LogP contribution is -2.27. The molecule has 0 aromatic carbocycles. The summed E-state index contributed by atoms with van der Waals surface area (Å²) in [5, 5.41) is 3.81. The summed E-state index contributed by atoms with van der Waals surface area (Å²) in [5.74, 6) is 0.0158. The molecule has 18 heavy (non-hydrogen) atoms. The minimum Gasteiger partial charge on any atom is -0.381 e. The van der Waals surface area contributed by atoms with E-state index in [1.165, 1.54) is 10.9 Å². The molecule has 8 heteroatoms. The molecule has 2 heterocycles. The normalized spacial score (nSPS) is 20.4. The third-order valence-corrected chi connectivity index (χ3v) is 4.37. The van der Waals surface area contributed by atoms with Crippen molar-refractivity contribution < 1.29 is 13.2 Å². The molecule has 0 amide bonds. The van der Waals surface area contributed by atoms with E-state index in [-0.39, 0.29) is 16.8 Å². The van der Waals surface area contributed by atoms with Gasteiger partial charge < -0.3 is 10.5 Å². The molecule has 0 aliphatic carbocycles. The Labute approximate surface area is 106 Å². The van der Waals surface area contributed by atoms with Crippen molar-refractivity contribution >= 4 is 15.8 Å². The lowest BCUT2D eigenvalue weighted by molar-refractivity contribution is 0.105. The lowest BCUT2D eigenvalue weighted by atomic mass is 10.2. The first-order chi connectivity index (χ1) is 8.49. The number of ether oxygens (including phenoxy) is 1. The molecule has 0 bridgehead atoms. The van der Waals surface area contributed by atoms with Crippen LogP contribution in [0, 0.1) is 0 Å². The molecule has 102 valence electrons. The van der Waals surface area contributed by atoms with Crippen LogP contribution in [-0.2, 0) is 21.8 Å². The van der Waals surface area contributed by atoms with Gasteiger partial charge in [-0.15, -0.1) is 0 Å². The Morgan fingerprint density at radius 1 is 1.67 bits per heavy atom. The average Bonchev–Trinajstić information content (AvgIpc) is 2.88. The summed E-state index contributed by atoms with van der Waals surface area (Å²) in [6.07, 6.45) is 4.28. The highest BCUT2D eigenvalue weighted by atomic mass is 32.2. The van der Waals surface area contributed by atoms with Gasteiger partial charge in [0, 0.05) is 26.4 Å². The number of anilines is 1. The summed E-state index contributed by atoms with van der Waals surface area (Å²) in [6, 6.07) is 0. The highest BCUT2D eigenvalue weighted by molar-refractivity contribution is 7.89. The zero-order valence-electron chi connectivity index (χ0n) is 10.3. The van der Waals surface area contributed by atoms with Crippen LogP contribution in [0.1, 0.15) is 19.3 Å². The van der Waals surface area contributed by atoms with Gasteiger partial charge in [-0.1, -0.05) is 0 Å². The Balaban J connectivity index is 1.93. The quantitative estimate of drug-likeness (QED) is 0.778. The van der Waals surface area contributed by atoms with Crippen LogP contribution < -0.4 is 10.5 Å². The third-order valence-electron chi connectivity index (χ3n) is 2.89. The second-order valence-electron chi connectivity index (χ2n) is 4.37. The molecule has 1 saturated heterocycles. The predicted octanol–water partition coefficient (Wildman–Crippen LogP) is -0.150. The molecule has 1 fully saturated rings. The fourth-order valence-corrected chi connectivity index (χ4v) is 3.14. The zero-order chi connectivity index (χ0) is 13.2. The number of nitrogens with zero attached hydrogens (tertiary/aromatic N) is 2. The van der Waals surface area contributed by atoms with Gasteiger partial charge in [-0.25, -0.2) is 13.1 Å². The minimum absolute atomic E-state index is 0.0158. The van der Waals surface area contributed by atoms with Crippen LogP contribution in [0.15, 0.2) is 11.1 Å². The van der Waals surface area contributed by atoms with Gasteiger partial charge in [-0.05, 0) is 19.3 Å². The highest BCUT2D eigenvalue weighted by Gasteiger charge is 2.21. The van der Waals surface area contributed by atoms with E-state index in [9.17, 15) is 8.42 Å². The Morgan fingerprint density at radius 2 is 2.44 bits per heavy atom. The maximum Gasteiger partial charge on any atom is 0.245 e. The summed E-state index contributed by atoms with van der Waals surface area (Å²) in [7, 11) is -1.95. The lowest BCUT2D eigenvalue weighted by Gasteiger charge is -2.09. The monoisotopic (exact) mass is 274 g/mol. The molecular weight excluding hydrogens is 256 g/mol. The number of nitrogen functional groups attached to an aromatic ring is 1. The van der Waals surface area contributed by atoms with Crippen LogP contribution in [0.25, 0.3) is 0 Å². The second kappa shape index (κ2) is 5.25. The van der Waals surface area contributed by atoms with Crippen molar-refractivity contribution in [2.45, 2.75) is 30.3 Å². The molecule has 3 N–H and O–H groups in total. The first-order valence-electron chi connectivity index (χ1n) is 5.89. The van der Waals surface area contributed by atoms with Crippen molar-refractivity contribution in [2.24, 2.45) is 7.05 Å². The number of sulfonamides is 1. The fraction of sp³-hybridized carbons (Fsp3) is 0.700. The standard InChI is InChI=1S/C10H18N4O3S/c1-14-7-9(10(11)13-14)18(15,16)12-5-4-8-3-2-6-17-8/h7-8,12H,2-6H2,1H3,(H2,11,13).